The van der Waals surface area contributed by atoms with Gasteiger partial charge < -0.3 is 20.6 Å². The molecule has 25 heavy (non-hydrogen) atoms. The smallest absolute Gasteiger partial charge is 0.303 e. The van der Waals surface area contributed by atoms with Crippen molar-refractivity contribution in [1.82, 2.24) is 19.8 Å². The quantitative estimate of drug-likeness (QED) is 0.787. The van der Waals surface area contributed by atoms with E-state index in [0.717, 1.165) is 45.7 Å². The average Bonchev–Trinajstić information content (AvgIpc) is 2.60. The van der Waals surface area contributed by atoms with Gasteiger partial charge in [0.05, 0.1) is 0 Å². The Bertz CT molecular complexity index is 590. The minimum atomic E-state index is -0.727. The number of likely N-dealkylation sites (N-methyl/N-ethyl adjacent to an activating group) is 1. The van der Waals surface area contributed by atoms with Crippen LogP contribution in [-0.2, 0) is 4.79 Å². The lowest BCUT2D eigenvalue weighted by atomic mass is 9.86. The fraction of sp³-hybridized carbons (Fsp3) is 0.706. The maximum atomic E-state index is 11.1. The van der Waals surface area contributed by atoms with Crippen LogP contribution in [0, 0.1) is 5.92 Å². The van der Waals surface area contributed by atoms with Crippen molar-refractivity contribution in [3.05, 3.63) is 12.3 Å². The van der Waals surface area contributed by atoms with Gasteiger partial charge in [-0.05, 0) is 31.9 Å². The number of nitrogen functional groups attached to an aromatic ring is 1. The molecule has 8 heteroatoms. The van der Waals surface area contributed by atoms with E-state index < -0.39 is 5.97 Å². The molecule has 3 heterocycles. The number of nitrogens with two attached hydrogens (primary N) is 1. The first-order valence-corrected chi connectivity index (χ1v) is 9.01. The Morgan fingerprint density at radius 2 is 2.08 bits per heavy atom. The highest BCUT2D eigenvalue weighted by molar-refractivity contribution is 5.66. The zero-order valence-electron chi connectivity index (χ0n) is 14.8. The van der Waals surface area contributed by atoms with Crippen molar-refractivity contribution in [3.8, 4) is 0 Å². The molecule has 0 saturated carbocycles. The van der Waals surface area contributed by atoms with Gasteiger partial charge in [0, 0.05) is 57.9 Å². The standard InChI is InChI=1S/C17H28N6O2/c1-21-8-10-22(11-9-21)14-5-7-23(12-13(14)2-3-16(24)25)17-19-6-4-15(18)20-17/h4,6,13-14H,2-3,5,7-12H2,1H3,(H,24,25)(H2,18,19,20)/t13-,14+/m1/s1. The molecule has 0 bridgehead atoms. The van der Waals surface area contributed by atoms with Gasteiger partial charge in [-0.25, -0.2) is 4.98 Å². The molecule has 0 spiro atoms. The summed E-state index contributed by atoms with van der Waals surface area (Å²) in [6.07, 6.45) is 3.58. The number of hydrogen-bond donors (Lipinski definition) is 2. The van der Waals surface area contributed by atoms with Crippen LogP contribution >= 0.6 is 0 Å². The van der Waals surface area contributed by atoms with Crippen LogP contribution in [0.1, 0.15) is 19.3 Å². The minimum Gasteiger partial charge on any atom is -0.481 e. The topological polar surface area (TPSA) is 98.8 Å². The van der Waals surface area contributed by atoms with E-state index >= 15 is 0 Å². The summed E-state index contributed by atoms with van der Waals surface area (Å²) in [4.78, 5) is 26.8. The molecule has 2 aliphatic rings. The predicted octanol–water partition coefficient (Wildman–Crippen LogP) is 0.366. The molecule has 1 aromatic heterocycles. The van der Waals surface area contributed by atoms with E-state index in [0.29, 0.717) is 30.1 Å². The van der Waals surface area contributed by atoms with Gasteiger partial charge in [0.25, 0.3) is 0 Å². The number of aliphatic carboxylic acids is 1. The minimum absolute atomic E-state index is 0.209. The van der Waals surface area contributed by atoms with Crippen LogP contribution in [0.3, 0.4) is 0 Å². The van der Waals surface area contributed by atoms with Crippen LogP contribution in [0.25, 0.3) is 0 Å². The van der Waals surface area contributed by atoms with Crippen molar-refractivity contribution in [2.24, 2.45) is 5.92 Å². The molecule has 0 unspecified atom stereocenters. The summed E-state index contributed by atoms with van der Waals surface area (Å²) in [5.41, 5.74) is 5.79. The first kappa shape index (κ1) is 17.9. The third kappa shape index (κ3) is 4.58. The maximum Gasteiger partial charge on any atom is 0.303 e. The number of piperidine rings is 1. The molecule has 2 fully saturated rings. The van der Waals surface area contributed by atoms with Crippen molar-refractivity contribution >= 4 is 17.7 Å². The van der Waals surface area contributed by atoms with Crippen LogP contribution in [0.5, 0.6) is 0 Å². The van der Waals surface area contributed by atoms with Gasteiger partial charge in [-0.3, -0.25) is 9.69 Å². The lowest BCUT2D eigenvalue weighted by Gasteiger charge is -2.46. The largest absolute Gasteiger partial charge is 0.481 e. The molecule has 138 valence electrons. The van der Waals surface area contributed by atoms with Gasteiger partial charge in [-0.2, -0.15) is 4.98 Å². The van der Waals surface area contributed by atoms with Crippen molar-refractivity contribution in [2.75, 3.05) is 56.9 Å². The fourth-order valence-corrected chi connectivity index (χ4v) is 3.94. The first-order valence-electron chi connectivity index (χ1n) is 9.01. The van der Waals surface area contributed by atoms with Crippen LogP contribution in [-0.4, -0.2) is 83.2 Å². The average molecular weight is 348 g/mol. The molecule has 8 nitrogen and oxygen atoms in total. The summed E-state index contributed by atoms with van der Waals surface area (Å²) in [5, 5.41) is 9.12. The summed E-state index contributed by atoms with van der Waals surface area (Å²) in [7, 11) is 2.15. The van der Waals surface area contributed by atoms with Gasteiger partial charge in [0.15, 0.2) is 0 Å². The molecule has 0 radical (unpaired) electrons. The van der Waals surface area contributed by atoms with Crippen LogP contribution in [0.15, 0.2) is 12.3 Å². The van der Waals surface area contributed by atoms with Gasteiger partial charge >= 0.3 is 5.97 Å². The van der Waals surface area contributed by atoms with E-state index in [9.17, 15) is 4.79 Å². The predicted molar refractivity (Wildman–Crippen MR) is 96.5 cm³/mol. The molecule has 0 aliphatic carbocycles. The number of anilines is 2. The number of nitrogens with zero attached hydrogens (tertiary/aromatic N) is 5. The summed E-state index contributed by atoms with van der Waals surface area (Å²) in [5.74, 6) is 0.693. The Kier molecular flexibility index (Phi) is 5.70. The molecular formula is C17H28N6O2. The molecule has 0 aromatic carbocycles. The third-order valence-corrected chi connectivity index (χ3v) is 5.38. The highest BCUT2D eigenvalue weighted by atomic mass is 16.4. The second-order valence-electron chi connectivity index (χ2n) is 7.12. The highest BCUT2D eigenvalue weighted by Crippen LogP contribution is 2.29. The van der Waals surface area contributed by atoms with E-state index in [1.54, 1.807) is 12.3 Å². The molecule has 3 rings (SSSR count). The van der Waals surface area contributed by atoms with Gasteiger partial charge in [-0.15, -0.1) is 0 Å². The summed E-state index contributed by atoms with van der Waals surface area (Å²) >= 11 is 0. The first-order chi connectivity index (χ1) is 12.0. The zero-order chi connectivity index (χ0) is 17.8. The van der Waals surface area contributed by atoms with Gasteiger partial charge in [-0.1, -0.05) is 0 Å². The van der Waals surface area contributed by atoms with Gasteiger partial charge in [0.1, 0.15) is 5.82 Å². The second-order valence-corrected chi connectivity index (χ2v) is 7.12. The number of piperazine rings is 1. The molecule has 0 amide bonds. The lowest BCUT2D eigenvalue weighted by molar-refractivity contribution is -0.137. The number of aromatic nitrogens is 2. The van der Waals surface area contributed by atoms with Gasteiger partial charge in [0.2, 0.25) is 5.95 Å². The molecule has 3 N–H and O–H groups in total. The van der Waals surface area contributed by atoms with Crippen LogP contribution in [0.4, 0.5) is 11.8 Å². The van der Waals surface area contributed by atoms with Crippen molar-refractivity contribution in [2.45, 2.75) is 25.3 Å². The van der Waals surface area contributed by atoms with E-state index in [2.05, 4.69) is 31.7 Å². The molecule has 1 aromatic rings. The second kappa shape index (κ2) is 7.97. The van der Waals surface area contributed by atoms with Crippen molar-refractivity contribution < 1.29 is 9.90 Å². The Hall–Kier alpha value is -1.93. The number of hydrogen-bond acceptors (Lipinski definition) is 7. The van der Waals surface area contributed by atoms with Crippen molar-refractivity contribution in [3.63, 3.8) is 0 Å². The maximum absolute atomic E-state index is 11.1. The third-order valence-electron chi connectivity index (χ3n) is 5.38. The lowest BCUT2D eigenvalue weighted by Crippen LogP contribution is -2.56. The summed E-state index contributed by atoms with van der Waals surface area (Å²) in [6, 6.07) is 2.12. The Labute approximate surface area is 148 Å². The van der Waals surface area contributed by atoms with E-state index in [-0.39, 0.29) is 6.42 Å². The van der Waals surface area contributed by atoms with E-state index in [1.165, 1.54) is 0 Å². The number of carboxylic acids is 1. The molecule has 2 aliphatic heterocycles. The van der Waals surface area contributed by atoms with E-state index in [1.807, 2.05) is 0 Å². The van der Waals surface area contributed by atoms with Crippen LogP contribution < -0.4 is 10.6 Å². The normalized spacial score (nSPS) is 25.9. The molecular weight excluding hydrogens is 320 g/mol. The van der Waals surface area contributed by atoms with Crippen LogP contribution in [0.2, 0.25) is 0 Å². The molecule has 2 atom stereocenters. The SMILES string of the molecule is CN1CCN([C@H]2CCN(c3nccc(N)n3)C[C@H]2CCC(=O)O)CC1. The summed E-state index contributed by atoms with van der Waals surface area (Å²) in [6.45, 7) is 5.92. The van der Waals surface area contributed by atoms with E-state index in [4.69, 9.17) is 10.8 Å². The fourth-order valence-electron chi connectivity index (χ4n) is 3.94. The van der Waals surface area contributed by atoms with Crippen molar-refractivity contribution in [1.29, 1.82) is 0 Å². The highest BCUT2D eigenvalue weighted by Gasteiger charge is 2.35. The summed E-state index contributed by atoms with van der Waals surface area (Å²) < 4.78 is 0. The number of rotatable bonds is 5. The monoisotopic (exact) mass is 348 g/mol. The number of carboxylic acid groups (broad SMARTS) is 1. The Balaban J connectivity index is 1.70. The Morgan fingerprint density at radius 3 is 2.76 bits per heavy atom. The zero-order valence-corrected chi connectivity index (χ0v) is 14.8. The number of carbonyl (C=O) groups is 1. The molecule has 2 saturated heterocycles. The Morgan fingerprint density at radius 1 is 1.32 bits per heavy atom.